The van der Waals surface area contributed by atoms with Gasteiger partial charge in [0.1, 0.15) is 5.83 Å². The van der Waals surface area contributed by atoms with Crippen molar-refractivity contribution in [3.63, 3.8) is 0 Å². The van der Waals surface area contributed by atoms with Crippen LogP contribution in [0.15, 0.2) is 11.9 Å². The van der Waals surface area contributed by atoms with E-state index in [0.717, 1.165) is 19.3 Å². The first kappa shape index (κ1) is 10.6. The number of hydrogen-bond acceptors (Lipinski definition) is 1. The van der Waals surface area contributed by atoms with E-state index in [1.54, 1.807) is 0 Å². The van der Waals surface area contributed by atoms with Crippen molar-refractivity contribution in [1.29, 1.82) is 0 Å². The van der Waals surface area contributed by atoms with Gasteiger partial charge in [-0.05, 0) is 12.8 Å². The van der Waals surface area contributed by atoms with Crippen LogP contribution in [-0.2, 0) is 0 Å². The second-order valence-electron chi connectivity index (χ2n) is 2.66. The van der Waals surface area contributed by atoms with Crippen LogP contribution in [0.4, 0.5) is 4.39 Å². The molecule has 0 aliphatic heterocycles. The van der Waals surface area contributed by atoms with Crippen LogP contribution in [0.1, 0.15) is 39.0 Å². The van der Waals surface area contributed by atoms with Gasteiger partial charge in [0.05, 0.1) is 6.61 Å². The van der Waals surface area contributed by atoms with Gasteiger partial charge in [-0.2, -0.15) is 0 Å². The summed E-state index contributed by atoms with van der Waals surface area (Å²) in [5.41, 5.74) is 0. The van der Waals surface area contributed by atoms with Gasteiger partial charge < -0.3 is 5.11 Å². The standard InChI is InChI=1S/C9H17FO/c1-2-3-4-5-6-7-9(10)8-11/h7,11H,2-6,8H2,1H3/b9-7-. The van der Waals surface area contributed by atoms with Crippen LogP contribution < -0.4 is 0 Å². The van der Waals surface area contributed by atoms with E-state index in [1.807, 2.05) is 0 Å². The van der Waals surface area contributed by atoms with Crippen molar-refractivity contribution in [2.45, 2.75) is 39.0 Å². The van der Waals surface area contributed by atoms with E-state index >= 15 is 0 Å². The Hall–Kier alpha value is -0.370. The fourth-order valence-electron chi connectivity index (χ4n) is 0.894. The first-order valence-electron chi connectivity index (χ1n) is 4.26. The van der Waals surface area contributed by atoms with Crippen molar-refractivity contribution >= 4 is 0 Å². The van der Waals surface area contributed by atoms with Crippen LogP contribution in [0.5, 0.6) is 0 Å². The maximum absolute atomic E-state index is 12.3. The molecule has 0 aliphatic carbocycles. The van der Waals surface area contributed by atoms with Gasteiger partial charge in [-0.15, -0.1) is 0 Å². The van der Waals surface area contributed by atoms with E-state index in [1.165, 1.54) is 18.9 Å². The fourth-order valence-corrected chi connectivity index (χ4v) is 0.894. The summed E-state index contributed by atoms with van der Waals surface area (Å²) >= 11 is 0. The van der Waals surface area contributed by atoms with Gasteiger partial charge >= 0.3 is 0 Å². The summed E-state index contributed by atoms with van der Waals surface area (Å²) in [7, 11) is 0. The zero-order chi connectivity index (χ0) is 8.53. The predicted octanol–water partition coefficient (Wildman–Crippen LogP) is 2.80. The van der Waals surface area contributed by atoms with Crippen molar-refractivity contribution in [3.05, 3.63) is 11.9 Å². The molecule has 0 bridgehead atoms. The van der Waals surface area contributed by atoms with Gasteiger partial charge in [0.2, 0.25) is 0 Å². The summed E-state index contributed by atoms with van der Waals surface area (Å²) in [6.45, 7) is 1.69. The highest BCUT2D eigenvalue weighted by atomic mass is 19.1. The SMILES string of the molecule is CCCCCC/C=C(\F)CO. The molecule has 2 heteroatoms. The molecule has 0 aromatic heterocycles. The zero-order valence-corrected chi connectivity index (χ0v) is 7.15. The number of aliphatic hydroxyl groups is 1. The summed E-state index contributed by atoms with van der Waals surface area (Å²) in [5.74, 6) is -0.401. The van der Waals surface area contributed by atoms with Crippen molar-refractivity contribution in [1.82, 2.24) is 0 Å². The highest BCUT2D eigenvalue weighted by Crippen LogP contribution is 2.05. The van der Waals surface area contributed by atoms with Gasteiger partial charge in [0.25, 0.3) is 0 Å². The third kappa shape index (κ3) is 7.53. The molecule has 0 aromatic carbocycles. The molecular weight excluding hydrogens is 143 g/mol. The Kier molecular flexibility index (Phi) is 7.47. The van der Waals surface area contributed by atoms with Crippen LogP contribution in [0, 0.1) is 0 Å². The van der Waals surface area contributed by atoms with Crippen LogP contribution in [0.2, 0.25) is 0 Å². The average molecular weight is 160 g/mol. The Morgan fingerprint density at radius 1 is 1.36 bits per heavy atom. The Morgan fingerprint density at radius 2 is 2.09 bits per heavy atom. The summed E-state index contributed by atoms with van der Waals surface area (Å²) in [6, 6.07) is 0. The normalized spacial score (nSPS) is 12.1. The molecule has 0 fully saturated rings. The Bertz CT molecular complexity index is 110. The lowest BCUT2D eigenvalue weighted by Crippen LogP contribution is -1.82. The lowest BCUT2D eigenvalue weighted by Gasteiger charge is -1.94. The lowest BCUT2D eigenvalue weighted by molar-refractivity contribution is 0.297. The molecule has 0 unspecified atom stereocenters. The quantitative estimate of drug-likeness (QED) is 0.592. The molecule has 0 aliphatic rings. The smallest absolute Gasteiger partial charge is 0.121 e. The largest absolute Gasteiger partial charge is 0.389 e. The zero-order valence-electron chi connectivity index (χ0n) is 7.15. The molecule has 1 nitrogen and oxygen atoms in total. The third-order valence-corrected chi connectivity index (χ3v) is 1.57. The van der Waals surface area contributed by atoms with Gasteiger partial charge in [0.15, 0.2) is 0 Å². The van der Waals surface area contributed by atoms with Crippen LogP contribution in [0.25, 0.3) is 0 Å². The summed E-state index contributed by atoms with van der Waals surface area (Å²) in [4.78, 5) is 0. The molecule has 0 heterocycles. The van der Waals surface area contributed by atoms with Crippen molar-refractivity contribution in [2.75, 3.05) is 6.61 Å². The Morgan fingerprint density at radius 3 is 2.64 bits per heavy atom. The molecule has 0 atom stereocenters. The van der Waals surface area contributed by atoms with E-state index < -0.39 is 12.4 Å². The molecule has 66 valence electrons. The molecule has 0 saturated carbocycles. The van der Waals surface area contributed by atoms with Gasteiger partial charge in [0, 0.05) is 0 Å². The summed E-state index contributed by atoms with van der Waals surface area (Å²) < 4.78 is 12.3. The van der Waals surface area contributed by atoms with E-state index in [2.05, 4.69) is 6.92 Å². The molecule has 1 N–H and O–H groups in total. The van der Waals surface area contributed by atoms with Crippen LogP contribution in [0.3, 0.4) is 0 Å². The molecule has 11 heavy (non-hydrogen) atoms. The first-order chi connectivity index (χ1) is 5.31. The number of hydrogen-bond donors (Lipinski definition) is 1. The van der Waals surface area contributed by atoms with Crippen LogP contribution in [-0.4, -0.2) is 11.7 Å². The van der Waals surface area contributed by atoms with Crippen molar-refractivity contribution in [3.8, 4) is 0 Å². The molecule has 0 saturated heterocycles. The highest BCUT2D eigenvalue weighted by Gasteiger charge is 1.89. The molecule has 0 amide bonds. The van der Waals surface area contributed by atoms with Crippen LogP contribution >= 0.6 is 0 Å². The van der Waals surface area contributed by atoms with Gasteiger partial charge in [-0.3, -0.25) is 0 Å². The second kappa shape index (κ2) is 7.73. The average Bonchev–Trinajstić information content (AvgIpc) is 2.04. The fraction of sp³-hybridized carbons (Fsp3) is 0.778. The molecule has 0 aromatic rings. The minimum atomic E-state index is -0.451. The van der Waals surface area contributed by atoms with E-state index in [9.17, 15) is 4.39 Å². The Labute approximate surface area is 67.9 Å². The topological polar surface area (TPSA) is 20.2 Å². The summed E-state index contributed by atoms with van der Waals surface area (Å²) in [6.07, 6.45) is 6.83. The second-order valence-corrected chi connectivity index (χ2v) is 2.66. The van der Waals surface area contributed by atoms with Crippen molar-refractivity contribution in [2.24, 2.45) is 0 Å². The lowest BCUT2D eigenvalue weighted by atomic mass is 10.1. The predicted molar refractivity (Wildman–Crippen MR) is 45.0 cm³/mol. The molecular formula is C9H17FO. The van der Waals surface area contributed by atoms with Gasteiger partial charge in [-0.1, -0.05) is 32.3 Å². The molecule has 0 rings (SSSR count). The molecule has 0 radical (unpaired) electrons. The maximum Gasteiger partial charge on any atom is 0.121 e. The number of aliphatic hydroxyl groups excluding tert-OH is 1. The Balaban J connectivity index is 3.12. The summed E-state index contributed by atoms with van der Waals surface area (Å²) in [5, 5.41) is 8.29. The number of halogens is 1. The molecule has 0 spiro atoms. The van der Waals surface area contributed by atoms with Crippen molar-refractivity contribution < 1.29 is 9.50 Å². The minimum absolute atomic E-state index is 0.401. The van der Waals surface area contributed by atoms with E-state index in [-0.39, 0.29) is 0 Å². The minimum Gasteiger partial charge on any atom is -0.389 e. The highest BCUT2D eigenvalue weighted by molar-refractivity contribution is 4.90. The van der Waals surface area contributed by atoms with Gasteiger partial charge in [-0.25, -0.2) is 4.39 Å². The number of allylic oxidation sites excluding steroid dienone is 1. The van der Waals surface area contributed by atoms with E-state index in [0.29, 0.717) is 0 Å². The number of rotatable bonds is 6. The van der Waals surface area contributed by atoms with E-state index in [4.69, 9.17) is 5.11 Å². The number of unbranched alkanes of at least 4 members (excludes halogenated alkanes) is 4. The monoisotopic (exact) mass is 160 g/mol. The first-order valence-corrected chi connectivity index (χ1v) is 4.26. The third-order valence-electron chi connectivity index (χ3n) is 1.57. The maximum atomic E-state index is 12.3.